The summed E-state index contributed by atoms with van der Waals surface area (Å²) in [7, 11) is 0. The number of piperidine rings is 2. The van der Waals surface area contributed by atoms with Crippen molar-refractivity contribution in [2.45, 2.75) is 38.3 Å². The van der Waals surface area contributed by atoms with E-state index in [1.54, 1.807) is 4.90 Å². The molecular weight excluding hydrogens is 373 g/mol. The van der Waals surface area contributed by atoms with Crippen LogP contribution in [-0.4, -0.2) is 54.4 Å². The van der Waals surface area contributed by atoms with Crippen LogP contribution >= 0.6 is 0 Å². The molecule has 154 valence electrons. The van der Waals surface area contributed by atoms with Gasteiger partial charge in [0.05, 0.1) is 5.56 Å². The van der Waals surface area contributed by atoms with Crippen molar-refractivity contribution in [1.82, 2.24) is 9.80 Å². The molecule has 1 aromatic carbocycles. The zero-order valence-electron chi connectivity index (χ0n) is 15.7. The van der Waals surface area contributed by atoms with Crippen LogP contribution in [0.2, 0.25) is 0 Å². The number of nitrogens with zero attached hydrogens (tertiary/aromatic N) is 2. The van der Waals surface area contributed by atoms with Gasteiger partial charge in [-0.25, -0.2) is 0 Å². The number of amides is 2. The highest BCUT2D eigenvalue weighted by molar-refractivity contribution is 5.80. The molecule has 0 spiro atoms. The van der Waals surface area contributed by atoms with Crippen molar-refractivity contribution in [3.63, 3.8) is 0 Å². The number of hydrogen-bond acceptors (Lipinski definition) is 3. The molecule has 2 heterocycles. The lowest BCUT2D eigenvalue weighted by molar-refractivity contribution is -0.142. The molecule has 5 nitrogen and oxygen atoms in total. The number of carbonyl (C=O) groups excluding carboxylic acids is 2. The van der Waals surface area contributed by atoms with E-state index in [1.807, 2.05) is 4.90 Å². The average Bonchev–Trinajstić information content (AvgIpc) is 2.72. The van der Waals surface area contributed by atoms with Crippen LogP contribution in [0, 0.1) is 5.92 Å². The Hall–Kier alpha value is -2.25. The van der Waals surface area contributed by atoms with Crippen molar-refractivity contribution in [3.05, 3.63) is 29.8 Å². The van der Waals surface area contributed by atoms with Gasteiger partial charge in [0.15, 0.2) is 6.61 Å². The number of carbonyl (C=O) groups is 2. The summed E-state index contributed by atoms with van der Waals surface area (Å²) in [4.78, 5) is 28.4. The summed E-state index contributed by atoms with van der Waals surface area (Å²) in [5.41, 5.74) is -0.811. The van der Waals surface area contributed by atoms with Gasteiger partial charge < -0.3 is 14.5 Å². The average molecular weight is 398 g/mol. The van der Waals surface area contributed by atoms with E-state index < -0.39 is 11.7 Å². The van der Waals surface area contributed by atoms with Crippen molar-refractivity contribution in [1.29, 1.82) is 0 Å². The Bertz CT molecular complexity index is 694. The van der Waals surface area contributed by atoms with Gasteiger partial charge in [0.25, 0.3) is 5.91 Å². The van der Waals surface area contributed by atoms with Crippen LogP contribution in [0.15, 0.2) is 24.3 Å². The second kappa shape index (κ2) is 8.84. The van der Waals surface area contributed by atoms with Gasteiger partial charge >= 0.3 is 6.18 Å². The SMILES string of the molecule is O=C(COc1cccc(C(F)(F)F)c1)N1CCC(C(=O)N2CCCCC2)CC1. The van der Waals surface area contributed by atoms with Gasteiger partial charge in [-0.15, -0.1) is 0 Å². The van der Waals surface area contributed by atoms with Crippen molar-refractivity contribution in [2.75, 3.05) is 32.8 Å². The van der Waals surface area contributed by atoms with Crippen LogP contribution in [0.3, 0.4) is 0 Å². The topological polar surface area (TPSA) is 49.9 Å². The molecule has 0 atom stereocenters. The zero-order valence-corrected chi connectivity index (χ0v) is 15.7. The summed E-state index contributed by atoms with van der Waals surface area (Å²) in [5.74, 6) is -0.127. The summed E-state index contributed by atoms with van der Waals surface area (Å²) in [6, 6.07) is 4.49. The maximum Gasteiger partial charge on any atom is 0.416 e. The van der Waals surface area contributed by atoms with E-state index in [2.05, 4.69) is 0 Å². The Kier molecular flexibility index (Phi) is 6.46. The molecule has 2 aliphatic heterocycles. The molecule has 2 saturated heterocycles. The van der Waals surface area contributed by atoms with Crippen LogP contribution in [0.1, 0.15) is 37.7 Å². The molecule has 0 unspecified atom stereocenters. The van der Waals surface area contributed by atoms with Crippen molar-refractivity contribution in [2.24, 2.45) is 5.92 Å². The van der Waals surface area contributed by atoms with Crippen LogP contribution in [0.4, 0.5) is 13.2 Å². The quantitative estimate of drug-likeness (QED) is 0.782. The fraction of sp³-hybridized carbons (Fsp3) is 0.600. The molecule has 2 amide bonds. The number of hydrogen-bond donors (Lipinski definition) is 0. The minimum atomic E-state index is -4.45. The molecule has 2 fully saturated rings. The van der Waals surface area contributed by atoms with Gasteiger partial charge in [-0.3, -0.25) is 9.59 Å². The monoisotopic (exact) mass is 398 g/mol. The molecule has 1 aromatic rings. The number of rotatable bonds is 4. The Morgan fingerprint density at radius 3 is 2.32 bits per heavy atom. The highest BCUT2D eigenvalue weighted by Gasteiger charge is 2.32. The second-order valence-corrected chi connectivity index (χ2v) is 7.36. The summed E-state index contributed by atoms with van der Waals surface area (Å²) in [5, 5.41) is 0. The predicted octanol–water partition coefficient (Wildman–Crippen LogP) is 3.34. The Morgan fingerprint density at radius 2 is 1.68 bits per heavy atom. The lowest BCUT2D eigenvalue weighted by Crippen LogP contribution is -2.46. The normalized spacial score (nSPS) is 18.8. The van der Waals surface area contributed by atoms with E-state index in [9.17, 15) is 22.8 Å². The number of halogens is 3. The molecule has 0 radical (unpaired) electrons. The molecule has 2 aliphatic rings. The minimum Gasteiger partial charge on any atom is -0.484 e. The summed E-state index contributed by atoms with van der Waals surface area (Å²) in [6.45, 7) is 2.27. The van der Waals surface area contributed by atoms with Gasteiger partial charge in [-0.1, -0.05) is 6.07 Å². The summed E-state index contributed by atoms with van der Waals surface area (Å²) in [6.07, 6.45) is 0.0515. The molecule has 3 rings (SSSR count). The van der Waals surface area contributed by atoms with Crippen molar-refractivity contribution in [3.8, 4) is 5.75 Å². The summed E-state index contributed by atoms with van der Waals surface area (Å²) < 4.78 is 43.5. The second-order valence-electron chi connectivity index (χ2n) is 7.36. The van der Waals surface area contributed by atoms with Crippen LogP contribution in [-0.2, 0) is 15.8 Å². The molecule has 8 heteroatoms. The third-order valence-electron chi connectivity index (χ3n) is 5.39. The van der Waals surface area contributed by atoms with Gasteiger partial charge in [0.1, 0.15) is 5.75 Å². The first-order chi connectivity index (χ1) is 13.3. The summed E-state index contributed by atoms with van der Waals surface area (Å²) >= 11 is 0. The lowest BCUT2D eigenvalue weighted by atomic mass is 9.94. The van der Waals surface area contributed by atoms with E-state index >= 15 is 0 Å². The smallest absolute Gasteiger partial charge is 0.416 e. The fourth-order valence-corrected chi connectivity index (χ4v) is 3.75. The number of benzene rings is 1. The Balaban J connectivity index is 1.46. The van der Waals surface area contributed by atoms with E-state index in [1.165, 1.54) is 18.6 Å². The van der Waals surface area contributed by atoms with Gasteiger partial charge in [0, 0.05) is 32.1 Å². The van der Waals surface area contributed by atoms with E-state index in [-0.39, 0.29) is 30.1 Å². The lowest BCUT2D eigenvalue weighted by Gasteiger charge is -2.35. The van der Waals surface area contributed by atoms with E-state index in [4.69, 9.17) is 4.74 Å². The molecule has 0 N–H and O–H groups in total. The number of ether oxygens (including phenoxy) is 1. The molecule has 0 saturated carbocycles. The Morgan fingerprint density at radius 1 is 1.00 bits per heavy atom. The maximum absolute atomic E-state index is 12.7. The molecule has 0 aromatic heterocycles. The highest BCUT2D eigenvalue weighted by atomic mass is 19.4. The first-order valence-corrected chi connectivity index (χ1v) is 9.71. The first-order valence-electron chi connectivity index (χ1n) is 9.71. The van der Waals surface area contributed by atoms with Crippen molar-refractivity contribution >= 4 is 11.8 Å². The van der Waals surface area contributed by atoms with Crippen LogP contribution < -0.4 is 4.74 Å². The van der Waals surface area contributed by atoms with Crippen LogP contribution in [0.5, 0.6) is 5.75 Å². The zero-order chi connectivity index (χ0) is 20.1. The van der Waals surface area contributed by atoms with Gasteiger partial charge in [-0.05, 0) is 50.3 Å². The van der Waals surface area contributed by atoms with E-state index in [0.29, 0.717) is 25.9 Å². The minimum absolute atomic E-state index is 0.0123. The standard InChI is InChI=1S/C20H25F3N2O3/c21-20(22,23)16-5-4-6-17(13-16)28-14-18(26)24-11-7-15(8-12-24)19(27)25-9-2-1-3-10-25/h4-6,13,15H,1-3,7-12,14H2. The Labute approximate surface area is 162 Å². The molecule has 0 bridgehead atoms. The molecular formula is C20H25F3N2O3. The predicted molar refractivity (Wildman–Crippen MR) is 96.7 cm³/mol. The molecule has 28 heavy (non-hydrogen) atoms. The molecule has 0 aliphatic carbocycles. The third-order valence-corrected chi connectivity index (χ3v) is 5.39. The van der Waals surface area contributed by atoms with Gasteiger partial charge in [0.2, 0.25) is 5.91 Å². The highest BCUT2D eigenvalue weighted by Crippen LogP contribution is 2.31. The third kappa shape index (κ3) is 5.17. The van der Waals surface area contributed by atoms with Crippen molar-refractivity contribution < 1.29 is 27.5 Å². The largest absolute Gasteiger partial charge is 0.484 e. The fourth-order valence-electron chi connectivity index (χ4n) is 3.75. The maximum atomic E-state index is 12.7. The number of alkyl halides is 3. The van der Waals surface area contributed by atoms with Crippen LogP contribution in [0.25, 0.3) is 0 Å². The number of likely N-dealkylation sites (tertiary alicyclic amines) is 2. The van der Waals surface area contributed by atoms with Gasteiger partial charge in [-0.2, -0.15) is 13.2 Å². The van der Waals surface area contributed by atoms with E-state index in [0.717, 1.165) is 38.1 Å². The first kappa shape index (κ1) is 20.5.